The van der Waals surface area contributed by atoms with Gasteiger partial charge in [-0.2, -0.15) is 11.3 Å². The highest BCUT2D eigenvalue weighted by molar-refractivity contribution is 7.08. The van der Waals surface area contributed by atoms with E-state index in [0.717, 1.165) is 22.6 Å². The zero-order valence-electron chi connectivity index (χ0n) is 15.9. The van der Waals surface area contributed by atoms with Crippen molar-refractivity contribution in [2.24, 2.45) is 0 Å². The summed E-state index contributed by atoms with van der Waals surface area (Å²) in [4.78, 5) is 12.6. The minimum absolute atomic E-state index is 0.122. The standard InChI is InChI=1S/C22H23NO4S/c1-4-5-19(15-10-11-28-14-15)23-22(24)21-9-7-18(27-21)13-16-12-17(25-2)6-8-20(16)26-3/h4,6-12,14,19H,1,5,13H2,2-3H3,(H,23,24). The summed E-state index contributed by atoms with van der Waals surface area (Å²) in [6.45, 7) is 3.78. The van der Waals surface area contributed by atoms with E-state index in [2.05, 4.69) is 11.9 Å². The molecule has 1 atom stereocenters. The van der Waals surface area contributed by atoms with Crippen LogP contribution in [-0.2, 0) is 6.42 Å². The van der Waals surface area contributed by atoms with E-state index in [0.29, 0.717) is 18.6 Å². The number of nitrogens with one attached hydrogen (secondary N) is 1. The Morgan fingerprint density at radius 3 is 2.79 bits per heavy atom. The summed E-state index contributed by atoms with van der Waals surface area (Å²) in [5.41, 5.74) is 1.98. The van der Waals surface area contributed by atoms with Crippen LogP contribution < -0.4 is 14.8 Å². The van der Waals surface area contributed by atoms with E-state index in [1.165, 1.54) is 0 Å². The first-order chi connectivity index (χ1) is 13.6. The molecule has 2 heterocycles. The highest BCUT2D eigenvalue weighted by Crippen LogP contribution is 2.27. The highest BCUT2D eigenvalue weighted by Gasteiger charge is 2.18. The number of amides is 1. The average molecular weight is 397 g/mol. The third-order valence-electron chi connectivity index (χ3n) is 4.39. The molecule has 0 bridgehead atoms. The fourth-order valence-electron chi connectivity index (χ4n) is 2.95. The van der Waals surface area contributed by atoms with Crippen molar-refractivity contribution in [3.8, 4) is 11.5 Å². The number of benzene rings is 1. The van der Waals surface area contributed by atoms with Gasteiger partial charge in [0.15, 0.2) is 5.76 Å². The minimum atomic E-state index is -0.248. The summed E-state index contributed by atoms with van der Waals surface area (Å²) in [6.07, 6.45) is 2.94. The van der Waals surface area contributed by atoms with Gasteiger partial charge in [-0.1, -0.05) is 6.08 Å². The van der Waals surface area contributed by atoms with Crippen molar-refractivity contribution in [3.05, 3.63) is 82.5 Å². The number of furan rings is 1. The molecule has 1 aromatic carbocycles. The Bertz CT molecular complexity index is 930. The van der Waals surface area contributed by atoms with Gasteiger partial charge in [0.05, 0.1) is 20.3 Å². The zero-order valence-corrected chi connectivity index (χ0v) is 16.8. The maximum Gasteiger partial charge on any atom is 0.287 e. The normalized spacial score (nSPS) is 11.6. The second-order valence-corrected chi connectivity index (χ2v) is 7.01. The lowest BCUT2D eigenvalue weighted by atomic mass is 10.1. The van der Waals surface area contributed by atoms with Crippen molar-refractivity contribution in [1.82, 2.24) is 5.32 Å². The van der Waals surface area contributed by atoms with Gasteiger partial charge in [0.2, 0.25) is 0 Å². The summed E-state index contributed by atoms with van der Waals surface area (Å²) in [5.74, 6) is 2.19. The predicted octanol–water partition coefficient (Wildman–Crippen LogP) is 5.00. The van der Waals surface area contributed by atoms with Gasteiger partial charge >= 0.3 is 0 Å². The van der Waals surface area contributed by atoms with Crippen molar-refractivity contribution < 1.29 is 18.7 Å². The number of methoxy groups -OCH3 is 2. The van der Waals surface area contributed by atoms with E-state index in [-0.39, 0.29) is 17.7 Å². The number of hydrogen-bond donors (Lipinski definition) is 1. The second kappa shape index (κ2) is 9.28. The molecule has 146 valence electrons. The van der Waals surface area contributed by atoms with E-state index in [1.54, 1.807) is 43.8 Å². The molecular formula is C22H23NO4S. The molecule has 0 aliphatic rings. The number of hydrogen-bond acceptors (Lipinski definition) is 5. The first-order valence-electron chi connectivity index (χ1n) is 8.88. The van der Waals surface area contributed by atoms with Gasteiger partial charge in [0.1, 0.15) is 17.3 Å². The van der Waals surface area contributed by atoms with Crippen molar-refractivity contribution in [3.63, 3.8) is 0 Å². The number of rotatable bonds is 9. The Labute approximate surface area is 168 Å². The van der Waals surface area contributed by atoms with Crippen LogP contribution in [0.15, 0.2) is 64.2 Å². The molecule has 0 spiro atoms. The van der Waals surface area contributed by atoms with Crippen LogP contribution in [0.25, 0.3) is 0 Å². The van der Waals surface area contributed by atoms with Gasteiger partial charge in [-0.25, -0.2) is 0 Å². The summed E-state index contributed by atoms with van der Waals surface area (Å²) < 4.78 is 16.5. The molecule has 0 saturated heterocycles. The van der Waals surface area contributed by atoms with Crippen molar-refractivity contribution >= 4 is 17.2 Å². The maximum atomic E-state index is 12.6. The molecule has 0 aliphatic carbocycles. The largest absolute Gasteiger partial charge is 0.497 e. The smallest absolute Gasteiger partial charge is 0.287 e. The molecule has 0 radical (unpaired) electrons. The molecule has 28 heavy (non-hydrogen) atoms. The summed E-state index contributed by atoms with van der Waals surface area (Å²) in [7, 11) is 3.24. The zero-order chi connectivity index (χ0) is 19.9. The molecule has 0 saturated carbocycles. The van der Waals surface area contributed by atoms with Gasteiger partial charge in [-0.3, -0.25) is 4.79 Å². The highest BCUT2D eigenvalue weighted by atomic mass is 32.1. The molecule has 1 N–H and O–H groups in total. The molecule has 3 rings (SSSR count). The molecule has 2 aromatic heterocycles. The fraction of sp³-hybridized carbons (Fsp3) is 0.227. The van der Waals surface area contributed by atoms with Crippen molar-refractivity contribution in [2.45, 2.75) is 18.9 Å². The van der Waals surface area contributed by atoms with Gasteiger partial charge in [-0.15, -0.1) is 6.58 Å². The quantitative estimate of drug-likeness (QED) is 0.517. The topological polar surface area (TPSA) is 60.7 Å². The lowest BCUT2D eigenvalue weighted by Crippen LogP contribution is -2.27. The van der Waals surface area contributed by atoms with E-state index < -0.39 is 0 Å². The van der Waals surface area contributed by atoms with Crippen LogP contribution in [0.3, 0.4) is 0 Å². The van der Waals surface area contributed by atoms with E-state index in [4.69, 9.17) is 13.9 Å². The fourth-order valence-corrected chi connectivity index (χ4v) is 3.66. The molecule has 1 unspecified atom stereocenters. The number of ether oxygens (including phenoxy) is 2. The molecule has 0 fully saturated rings. The van der Waals surface area contributed by atoms with Crippen LogP contribution >= 0.6 is 11.3 Å². The van der Waals surface area contributed by atoms with E-state index in [9.17, 15) is 4.79 Å². The molecule has 6 heteroatoms. The second-order valence-electron chi connectivity index (χ2n) is 6.23. The lowest BCUT2D eigenvalue weighted by molar-refractivity contribution is 0.0907. The first kappa shape index (κ1) is 19.8. The predicted molar refractivity (Wildman–Crippen MR) is 110 cm³/mol. The number of carbonyl (C=O) groups excluding carboxylic acids is 1. The van der Waals surface area contributed by atoms with Gasteiger partial charge in [0, 0.05) is 12.0 Å². The van der Waals surface area contributed by atoms with Crippen LogP contribution in [-0.4, -0.2) is 20.1 Å². The molecule has 0 aliphatic heterocycles. The van der Waals surface area contributed by atoms with Crippen LogP contribution in [0.5, 0.6) is 11.5 Å². The van der Waals surface area contributed by atoms with Crippen molar-refractivity contribution in [2.75, 3.05) is 14.2 Å². The molecule has 5 nitrogen and oxygen atoms in total. The maximum absolute atomic E-state index is 12.6. The molecular weight excluding hydrogens is 374 g/mol. The minimum Gasteiger partial charge on any atom is -0.497 e. The monoisotopic (exact) mass is 397 g/mol. The Morgan fingerprint density at radius 2 is 2.11 bits per heavy atom. The van der Waals surface area contributed by atoms with E-state index in [1.807, 2.05) is 35.0 Å². The van der Waals surface area contributed by atoms with E-state index >= 15 is 0 Å². The SMILES string of the molecule is C=CCC(NC(=O)c1ccc(Cc2cc(OC)ccc2OC)o1)c1ccsc1. The lowest BCUT2D eigenvalue weighted by Gasteiger charge is -2.15. The van der Waals surface area contributed by atoms with Gasteiger partial charge in [0.25, 0.3) is 5.91 Å². The summed E-state index contributed by atoms with van der Waals surface area (Å²) in [5, 5.41) is 7.03. The summed E-state index contributed by atoms with van der Waals surface area (Å²) >= 11 is 1.60. The van der Waals surface area contributed by atoms with Crippen LogP contribution in [0, 0.1) is 0 Å². The Balaban J connectivity index is 1.73. The van der Waals surface area contributed by atoms with Crippen LogP contribution in [0.1, 0.15) is 39.9 Å². The Morgan fingerprint density at radius 1 is 1.25 bits per heavy atom. The Hall–Kier alpha value is -2.99. The third kappa shape index (κ3) is 4.64. The molecule has 1 amide bonds. The van der Waals surface area contributed by atoms with Gasteiger partial charge < -0.3 is 19.2 Å². The number of thiophene rings is 1. The Kier molecular flexibility index (Phi) is 6.55. The van der Waals surface area contributed by atoms with Crippen LogP contribution in [0.4, 0.5) is 0 Å². The first-order valence-corrected chi connectivity index (χ1v) is 9.82. The van der Waals surface area contributed by atoms with Gasteiger partial charge in [-0.05, 0) is 59.1 Å². The van der Waals surface area contributed by atoms with Crippen molar-refractivity contribution in [1.29, 1.82) is 0 Å². The van der Waals surface area contributed by atoms with Crippen LogP contribution in [0.2, 0.25) is 0 Å². The average Bonchev–Trinajstić information content (AvgIpc) is 3.40. The number of carbonyl (C=O) groups is 1. The third-order valence-corrected chi connectivity index (χ3v) is 5.09. The summed E-state index contributed by atoms with van der Waals surface area (Å²) in [6, 6.07) is 11.0. The molecule has 3 aromatic rings.